The molecule has 1 aliphatic heterocycles. The van der Waals surface area contributed by atoms with E-state index in [2.05, 4.69) is 11.2 Å². The van der Waals surface area contributed by atoms with E-state index < -0.39 is 4.92 Å². The number of nitrogens with zero attached hydrogens (tertiary/aromatic N) is 4. The summed E-state index contributed by atoms with van der Waals surface area (Å²) in [5, 5.41) is 15.3. The van der Waals surface area contributed by atoms with Crippen molar-refractivity contribution in [3.8, 4) is 0 Å². The summed E-state index contributed by atoms with van der Waals surface area (Å²) in [5.74, 6) is 0.409. The van der Waals surface area contributed by atoms with Crippen LogP contribution in [-0.4, -0.2) is 21.2 Å². The van der Waals surface area contributed by atoms with Gasteiger partial charge in [-0.05, 0) is 23.6 Å². The first-order chi connectivity index (χ1) is 9.56. The molecule has 0 spiro atoms. The van der Waals surface area contributed by atoms with Gasteiger partial charge in [0, 0.05) is 25.8 Å². The summed E-state index contributed by atoms with van der Waals surface area (Å²) in [6.45, 7) is 1.26. The van der Waals surface area contributed by atoms with Crippen LogP contribution in [0.25, 0.3) is 0 Å². The second-order valence-corrected chi connectivity index (χ2v) is 4.93. The first-order valence-corrected chi connectivity index (χ1v) is 6.35. The molecule has 0 saturated carbocycles. The first-order valence-electron chi connectivity index (χ1n) is 6.35. The number of benzene rings is 1. The van der Waals surface area contributed by atoms with Crippen molar-refractivity contribution in [2.75, 3.05) is 17.2 Å². The molecule has 1 aromatic heterocycles. The predicted octanol–water partition coefficient (Wildman–Crippen LogP) is 1.47. The molecule has 2 aromatic rings. The molecule has 3 rings (SSSR count). The van der Waals surface area contributed by atoms with Gasteiger partial charge in [-0.1, -0.05) is 12.1 Å². The smallest absolute Gasteiger partial charge is 0.330 e. The second kappa shape index (κ2) is 4.52. The number of nitrogens with two attached hydrogens (primary N) is 1. The third kappa shape index (κ3) is 1.97. The van der Waals surface area contributed by atoms with Crippen LogP contribution in [0.4, 0.5) is 17.2 Å². The van der Waals surface area contributed by atoms with Crippen LogP contribution in [0.2, 0.25) is 0 Å². The minimum atomic E-state index is -0.397. The highest BCUT2D eigenvalue weighted by Gasteiger charge is 2.27. The molecule has 0 bridgehead atoms. The molecular formula is C13H15N5O2. The van der Waals surface area contributed by atoms with E-state index in [1.54, 1.807) is 7.05 Å². The number of nitrogen functional groups attached to an aromatic ring is 1. The summed E-state index contributed by atoms with van der Waals surface area (Å²) in [6.07, 6.45) is 2.24. The molecule has 1 aliphatic rings. The van der Waals surface area contributed by atoms with Crippen molar-refractivity contribution in [1.29, 1.82) is 0 Å². The molecule has 1 aromatic carbocycles. The number of fused-ring (bicyclic) bond motifs is 1. The minimum Gasteiger partial charge on any atom is -0.398 e. The molecule has 104 valence electrons. The lowest BCUT2D eigenvalue weighted by atomic mass is 9.98. The quantitative estimate of drug-likeness (QED) is 0.508. The summed E-state index contributed by atoms with van der Waals surface area (Å²) in [6, 6.07) is 5.85. The van der Waals surface area contributed by atoms with Crippen molar-refractivity contribution in [2.24, 2.45) is 7.05 Å². The Labute approximate surface area is 115 Å². The lowest BCUT2D eigenvalue weighted by molar-refractivity contribution is -0.384. The van der Waals surface area contributed by atoms with E-state index in [1.807, 2.05) is 17.0 Å². The summed E-state index contributed by atoms with van der Waals surface area (Å²) in [7, 11) is 1.68. The molecule has 7 heteroatoms. The van der Waals surface area contributed by atoms with Gasteiger partial charge in [-0.15, -0.1) is 5.10 Å². The van der Waals surface area contributed by atoms with Gasteiger partial charge in [-0.25, -0.2) is 0 Å². The molecule has 0 aliphatic carbocycles. The molecule has 0 saturated heterocycles. The number of hydrogen-bond donors (Lipinski definition) is 1. The Morgan fingerprint density at radius 1 is 1.45 bits per heavy atom. The molecule has 2 N–H and O–H groups in total. The van der Waals surface area contributed by atoms with E-state index in [0.29, 0.717) is 18.9 Å². The number of hydrogen-bond acceptors (Lipinski definition) is 5. The summed E-state index contributed by atoms with van der Waals surface area (Å²) in [5.41, 5.74) is 9.01. The Hall–Kier alpha value is -2.57. The fourth-order valence-corrected chi connectivity index (χ4v) is 2.61. The van der Waals surface area contributed by atoms with Gasteiger partial charge in [0.25, 0.3) is 0 Å². The van der Waals surface area contributed by atoms with Gasteiger partial charge in [0.2, 0.25) is 5.82 Å². The van der Waals surface area contributed by atoms with Crippen molar-refractivity contribution in [3.63, 3.8) is 0 Å². The molecule has 20 heavy (non-hydrogen) atoms. The van der Waals surface area contributed by atoms with Gasteiger partial charge in [0.1, 0.15) is 6.20 Å². The highest BCUT2D eigenvalue weighted by atomic mass is 16.6. The Kier molecular flexibility index (Phi) is 2.81. The van der Waals surface area contributed by atoms with Gasteiger partial charge in [-0.2, -0.15) is 0 Å². The maximum Gasteiger partial charge on any atom is 0.330 e. The number of anilines is 2. The third-order valence-corrected chi connectivity index (χ3v) is 3.60. The van der Waals surface area contributed by atoms with Crippen LogP contribution in [-0.2, 0) is 20.0 Å². The average Bonchev–Trinajstić information content (AvgIpc) is 2.81. The molecule has 0 amide bonds. The zero-order valence-electron chi connectivity index (χ0n) is 11.1. The maximum absolute atomic E-state index is 11.1. The van der Waals surface area contributed by atoms with Crippen molar-refractivity contribution < 1.29 is 4.92 Å². The number of aryl methyl sites for hydroxylation is 1. The van der Waals surface area contributed by atoms with Crippen molar-refractivity contribution >= 4 is 17.2 Å². The van der Waals surface area contributed by atoms with Gasteiger partial charge >= 0.3 is 5.69 Å². The number of nitro groups is 1. The Morgan fingerprint density at radius 3 is 3.00 bits per heavy atom. The van der Waals surface area contributed by atoms with Crippen LogP contribution in [0, 0.1) is 10.1 Å². The van der Waals surface area contributed by atoms with Gasteiger partial charge in [0.15, 0.2) is 0 Å². The zero-order valence-corrected chi connectivity index (χ0v) is 11.1. The van der Waals surface area contributed by atoms with Crippen LogP contribution in [0.5, 0.6) is 0 Å². The molecule has 2 heterocycles. The lowest BCUT2D eigenvalue weighted by Gasteiger charge is -2.29. The van der Waals surface area contributed by atoms with Crippen LogP contribution in [0.15, 0.2) is 24.4 Å². The SMILES string of the molecule is Cn1cc([N+](=O)[O-])c(N2CCc3cccc(N)c3C2)n1. The van der Waals surface area contributed by atoms with Gasteiger partial charge in [0.05, 0.1) is 4.92 Å². The molecule has 0 radical (unpaired) electrons. The number of aromatic nitrogens is 2. The Morgan fingerprint density at radius 2 is 2.25 bits per heavy atom. The van der Waals surface area contributed by atoms with E-state index >= 15 is 0 Å². The summed E-state index contributed by atoms with van der Waals surface area (Å²) < 4.78 is 1.47. The Balaban J connectivity index is 1.98. The fourth-order valence-electron chi connectivity index (χ4n) is 2.61. The maximum atomic E-state index is 11.1. The lowest BCUT2D eigenvalue weighted by Crippen LogP contribution is -2.31. The van der Waals surface area contributed by atoms with Crippen LogP contribution >= 0.6 is 0 Å². The van der Waals surface area contributed by atoms with Crippen LogP contribution < -0.4 is 10.6 Å². The third-order valence-electron chi connectivity index (χ3n) is 3.60. The first kappa shape index (κ1) is 12.5. The minimum absolute atomic E-state index is 0.0328. The van der Waals surface area contributed by atoms with Crippen molar-refractivity contribution in [3.05, 3.63) is 45.6 Å². The van der Waals surface area contributed by atoms with E-state index in [4.69, 9.17) is 5.73 Å². The standard InChI is InChI=1S/C13H15N5O2/c1-16-8-12(18(19)20)13(15-16)17-6-5-9-3-2-4-11(14)10(9)7-17/h2-4,8H,5-7,14H2,1H3. The highest BCUT2D eigenvalue weighted by Crippen LogP contribution is 2.32. The van der Waals surface area contributed by atoms with Crippen molar-refractivity contribution in [1.82, 2.24) is 9.78 Å². The van der Waals surface area contributed by atoms with E-state index in [-0.39, 0.29) is 5.69 Å². The monoisotopic (exact) mass is 273 g/mol. The van der Waals surface area contributed by atoms with Gasteiger partial charge < -0.3 is 10.6 Å². The molecule has 7 nitrogen and oxygen atoms in total. The van der Waals surface area contributed by atoms with Crippen LogP contribution in [0.3, 0.4) is 0 Å². The zero-order chi connectivity index (χ0) is 14.3. The largest absolute Gasteiger partial charge is 0.398 e. The molecular weight excluding hydrogens is 258 g/mol. The molecule has 0 unspecified atom stereocenters. The van der Waals surface area contributed by atoms with Gasteiger partial charge in [-0.3, -0.25) is 14.8 Å². The van der Waals surface area contributed by atoms with E-state index in [0.717, 1.165) is 17.7 Å². The summed E-state index contributed by atoms with van der Waals surface area (Å²) in [4.78, 5) is 12.6. The van der Waals surface area contributed by atoms with E-state index in [9.17, 15) is 10.1 Å². The highest BCUT2D eigenvalue weighted by molar-refractivity contribution is 5.61. The normalized spacial score (nSPS) is 14.2. The molecule has 0 atom stereocenters. The topological polar surface area (TPSA) is 90.2 Å². The number of rotatable bonds is 2. The average molecular weight is 273 g/mol. The van der Waals surface area contributed by atoms with Crippen LogP contribution in [0.1, 0.15) is 11.1 Å². The van der Waals surface area contributed by atoms with E-state index in [1.165, 1.54) is 16.4 Å². The molecule has 0 fully saturated rings. The predicted molar refractivity (Wildman–Crippen MR) is 75.5 cm³/mol. The second-order valence-electron chi connectivity index (χ2n) is 4.93. The van der Waals surface area contributed by atoms with Crippen molar-refractivity contribution in [2.45, 2.75) is 13.0 Å². The summed E-state index contributed by atoms with van der Waals surface area (Å²) >= 11 is 0. The fraction of sp³-hybridized carbons (Fsp3) is 0.308. The Bertz CT molecular complexity index is 679.